The normalized spacial score (nSPS) is 20.2. The van der Waals surface area contributed by atoms with E-state index in [-0.39, 0.29) is 6.10 Å². The molecule has 2 aliphatic heterocycles. The lowest BCUT2D eigenvalue weighted by Crippen LogP contribution is -2.52. The molecule has 0 saturated carbocycles. The summed E-state index contributed by atoms with van der Waals surface area (Å²) < 4.78 is 0. The molecule has 2 fully saturated rings. The second kappa shape index (κ2) is 12.7. The van der Waals surface area contributed by atoms with E-state index in [1.165, 1.54) is 5.56 Å². The number of hydrogen-bond donors (Lipinski definition) is 2. The number of rotatable bonds is 8. The van der Waals surface area contributed by atoms with Crippen molar-refractivity contribution >= 4 is 12.0 Å². The van der Waals surface area contributed by atoms with E-state index in [4.69, 9.17) is 4.99 Å². The zero-order valence-corrected chi connectivity index (χ0v) is 18.5. The molecule has 1 aromatic rings. The number of benzene rings is 1. The summed E-state index contributed by atoms with van der Waals surface area (Å²) in [6.07, 6.45) is 7.29. The molecule has 0 unspecified atom stereocenters. The molecule has 2 N–H and O–H groups in total. The van der Waals surface area contributed by atoms with Crippen LogP contribution < -0.4 is 5.32 Å². The van der Waals surface area contributed by atoms with Gasteiger partial charge in [-0.2, -0.15) is 0 Å². The lowest BCUT2D eigenvalue weighted by Gasteiger charge is -2.36. The van der Waals surface area contributed by atoms with Gasteiger partial charge >= 0.3 is 0 Å². The zero-order valence-electron chi connectivity index (χ0n) is 18.5. The molecule has 0 spiro atoms. The van der Waals surface area contributed by atoms with Crippen molar-refractivity contribution in [2.75, 3.05) is 65.4 Å². The first-order chi connectivity index (χ1) is 14.7. The van der Waals surface area contributed by atoms with Gasteiger partial charge in [-0.05, 0) is 38.3 Å². The molecule has 0 amide bonds. The minimum atomic E-state index is -0.0906. The highest BCUT2D eigenvalue weighted by atomic mass is 16.3. The highest BCUT2D eigenvalue weighted by molar-refractivity contribution is 5.80. The molecule has 2 heterocycles. The zero-order chi connectivity index (χ0) is 21.0. The van der Waals surface area contributed by atoms with Crippen molar-refractivity contribution in [3.63, 3.8) is 0 Å². The number of guanidine groups is 1. The van der Waals surface area contributed by atoms with Gasteiger partial charge in [0.2, 0.25) is 0 Å². The van der Waals surface area contributed by atoms with Crippen LogP contribution in [0.2, 0.25) is 0 Å². The first-order valence-corrected chi connectivity index (χ1v) is 11.6. The van der Waals surface area contributed by atoms with Crippen LogP contribution in [-0.2, 0) is 0 Å². The van der Waals surface area contributed by atoms with E-state index in [1.54, 1.807) is 0 Å². The van der Waals surface area contributed by atoms with Gasteiger partial charge in [0.25, 0.3) is 0 Å². The number of nitrogens with zero attached hydrogens (tertiary/aromatic N) is 4. The van der Waals surface area contributed by atoms with Crippen LogP contribution in [0, 0.1) is 0 Å². The number of aliphatic hydroxyl groups is 1. The Morgan fingerprint density at radius 2 is 1.80 bits per heavy atom. The molecule has 0 atom stereocenters. The Balaban J connectivity index is 1.37. The van der Waals surface area contributed by atoms with Gasteiger partial charge in [-0.1, -0.05) is 42.5 Å². The molecular weight excluding hydrogens is 374 g/mol. The molecule has 2 aliphatic rings. The summed E-state index contributed by atoms with van der Waals surface area (Å²) in [5, 5.41) is 13.1. The first kappa shape index (κ1) is 22.8. The number of aliphatic imine (C=N–C) groups is 1. The molecule has 0 aromatic heterocycles. The number of hydrogen-bond acceptors (Lipinski definition) is 4. The quantitative estimate of drug-likeness (QED) is 0.388. The van der Waals surface area contributed by atoms with E-state index < -0.39 is 0 Å². The summed E-state index contributed by atoms with van der Waals surface area (Å²) in [7, 11) is 0. The van der Waals surface area contributed by atoms with Crippen LogP contribution in [-0.4, -0.2) is 97.3 Å². The van der Waals surface area contributed by atoms with Gasteiger partial charge in [-0.25, -0.2) is 0 Å². The van der Waals surface area contributed by atoms with Crippen LogP contribution in [0.1, 0.15) is 31.7 Å². The van der Waals surface area contributed by atoms with Crippen molar-refractivity contribution in [2.45, 2.75) is 32.3 Å². The van der Waals surface area contributed by atoms with Crippen LogP contribution in [0.5, 0.6) is 0 Å². The molecular formula is C24H39N5O. The molecule has 6 nitrogen and oxygen atoms in total. The van der Waals surface area contributed by atoms with Crippen molar-refractivity contribution < 1.29 is 5.11 Å². The van der Waals surface area contributed by atoms with E-state index in [1.807, 2.05) is 0 Å². The fourth-order valence-corrected chi connectivity index (χ4v) is 4.09. The molecule has 3 rings (SSSR count). The van der Waals surface area contributed by atoms with Crippen molar-refractivity contribution in [2.24, 2.45) is 4.99 Å². The summed E-state index contributed by atoms with van der Waals surface area (Å²) in [6, 6.07) is 10.5. The Kier molecular flexibility index (Phi) is 9.67. The van der Waals surface area contributed by atoms with Gasteiger partial charge < -0.3 is 20.2 Å². The number of aliphatic hydroxyl groups excluding tert-OH is 1. The standard InChI is InChI=1S/C24H39N5O/c1-2-25-24(26-13-7-15-27-16-11-23(30)12-17-27)29-20-18-28(19-21-29)14-6-10-22-8-4-3-5-9-22/h3-6,8-10,23,30H,2,7,11-21H2,1H3,(H,25,26)/b10-6+. The van der Waals surface area contributed by atoms with Crippen LogP contribution in [0.3, 0.4) is 0 Å². The predicted molar refractivity (Wildman–Crippen MR) is 126 cm³/mol. The molecule has 0 bridgehead atoms. The molecule has 2 saturated heterocycles. The second-order valence-electron chi connectivity index (χ2n) is 8.26. The molecule has 0 aliphatic carbocycles. The maximum absolute atomic E-state index is 9.62. The van der Waals surface area contributed by atoms with Crippen molar-refractivity contribution in [1.82, 2.24) is 20.0 Å². The largest absolute Gasteiger partial charge is 0.393 e. The van der Waals surface area contributed by atoms with Crippen LogP contribution >= 0.6 is 0 Å². The fourth-order valence-electron chi connectivity index (χ4n) is 4.09. The van der Waals surface area contributed by atoms with Crippen molar-refractivity contribution in [1.29, 1.82) is 0 Å². The molecule has 166 valence electrons. The van der Waals surface area contributed by atoms with Crippen LogP contribution in [0.25, 0.3) is 6.08 Å². The number of piperazine rings is 1. The average Bonchev–Trinajstić information content (AvgIpc) is 2.78. The Morgan fingerprint density at radius 1 is 1.07 bits per heavy atom. The second-order valence-corrected chi connectivity index (χ2v) is 8.26. The van der Waals surface area contributed by atoms with Gasteiger partial charge in [0.1, 0.15) is 0 Å². The average molecular weight is 414 g/mol. The van der Waals surface area contributed by atoms with Crippen LogP contribution in [0.4, 0.5) is 0 Å². The highest BCUT2D eigenvalue weighted by Crippen LogP contribution is 2.10. The molecule has 6 heteroatoms. The Hall–Kier alpha value is -1.89. The van der Waals surface area contributed by atoms with E-state index in [0.29, 0.717) is 0 Å². The summed E-state index contributed by atoms with van der Waals surface area (Å²) in [5.74, 6) is 1.06. The van der Waals surface area contributed by atoms with Gasteiger partial charge in [-0.3, -0.25) is 9.89 Å². The van der Waals surface area contributed by atoms with Gasteiger partial charge in [0.05, 0.1) is 6.10 Å². The summed E-state index contributed by atoms with van der Waals surface area (Å²) in [4.78, 5) is 12.2. The Morgan fingerprint density at radius 3 is 2.50 bits per heavy atom. The minimum absolute atomic E-state index is 0.0906. The summed E-state index contributed by atoms with van der Waals surface area (Å²) in [6.45, 7) is 12.2. The van der Waals surface area contributed by atoms with Gasteiger partial charge in [0.15, 0.2) is 5.96 Å². The Bertz CT molecular complexity index is 647. The fraction of sp³-hybridized carbons (Fsp3) is 0.625. The Labute approximate surface area is 182 Å². The first-order valence-electron chi connectivity index (χ1n) is 11.6. The minimum Gasteiger partial charge on any atom is -0.393 e. The van der Waals surface area contributed by atoms with E-state index in [2.05, 4.69) is 69.4 Å². The maximum Gasteiger partial charge on any atom is 0.194 e. The number of nitrogens with one attached hydrogen (secondary N) is 1. The predicted octanol–water partition coefficient (Wildman–Crippen LogP) is 2.13. The summed E-state index contributed by atoms with van der Waals surface area (Å²) in [5.41, 5.74) is 1.26. The van der Waals surface area contributed by atoms with Gasteiger partial charge in [0, 0.05) is 58.9 Å². The summed E-state index contributed by atoms with van der Waals surface area (Å²) >= 11 is 0. The van der Waals surface area contributed by atoms with Crippen LogP contribution in [0.15, 0.2) is 41.4 Å². The topological polar surface area (TPSA) is 54.3 Å². The van der Waals surface area contributed by atoms with Crippen molar-refractivity contribution in [3.8, 4) is 0 Å². The lowest BCUT2D eigenvalue weighted by molar-refractivity contribution is 0.0824. The highest BCUT2D eigenvalue weighted by Gasteiger charge is 2.19. The lowest BCUT2D eigenvalue weighted by atomic mass is 10.1. The van der Waals surface area contributed by atoms with E-state index >= 15 is 0 Å². The van der Waals surface area contributed by atoms with E-state index in [9.17, 15) is 5.11 Å². The third-order valence-electron chi connectivity index (χ3n) is 5.93. The molecule has 0 radical (unpaired) electrons. The SMILES string of the molecule is CCNC(=NCCCN1CCC(O)CC1)N1CCN(C/C=C/c2ccccc2)CC1. The molecule has 1 aromatic carbocycles. The van der Waals surface area contributed by atoms with Crippen molar-refractivity contribution in [3.05, 3.63) is 42.0 Å². The number of piperidine rings is 1. The third kappa shape index (κ3) is 7.74. The number of likely N-dealkylation sites (tertiary alicyclic amines) is 1. The smallest absolute Gasteiger partial charge is 0.194 e. The molecule has 30 heavy (non-hydrogen) atoms. The van der Waals surface area contributed by atoms with Gasteiger partial charge in [-0.15, -0.1) is 0 Å². The maximum atomic E-state index is 9.62. The van der Waals surface area contributed by atoms with E-state index in [0.717, 1.165) is 90.7 Å². The third-order valence-corrected chi connectivity index (χ3v) is 5.93. The monoisotopic (exact) mass is 413 g/mol.